The van der Waals surface area contributed by atoms with Crippen molar-refractivity contribution in [3.05, 3.63) is 42.1 Å². The minimum absolute atomic E-state index is 0.162. The van der Waals surface area contributed by atoms with E-state index in [1.165, 1.54) is 0 Å². The van der Waals surface area contributed by atoms with E-state index in [2.05, 4.69) is 25.5 Å². The fourth-order valence-corrected chi connectivity index (χ4v) is 2.85. The van der Waals surface area contributed by atoms with Gasteiger partial charge in [-0.1, -0.05) is 18.2 Å². The lowest BCUT2D eigenvalue weighted by Crippen LogP contribution is -2.38. The number of nitrogens with one attached hydrogen (secondary N) is 2. The topological polar surface area (TPSA) is 88.6 Å². The third-order valence-corrected chi connectivity index (χ3v) is 4.31. The molecule has 1 aromatic heterocycles. The fraction of sp³-hybridized carbons (Fsp3) is 0.450. The summed E-state index contributed by atoms with van der Waals surface area (Å²) < 4.78 is 11.0. The number of ether oxygens (including phenoxy) is 2. The molecule has 2 N–H and O–H groups in total. The summed E-state index contributed by atoms with van der Waals surface area (Å²) in [5.74, 6) is 1.97. The third kappa shape index (κ3) is 5.82. The van der Waals surface area contributed by atoms with E-state index in [9.17, 15) is 4.79 Å². The summed E-state index contributed by atoms with van der Waals surface area (Å²) in [6, 6.07) is 11.3. The van der Waals surface area contributed by atoms with Crippen LogP contribution in [-0.2, 0) is 9.53 Å². The highest BCUT2D eigenvalue weighted by molar-refractivity contribution is 5.80. The van der Waals surface area contributed by atoms with Crippen molar-refractivity contribution in [2.24, 2.45) is 0 Å². The van der Waals surface area contributed by atoms with E-state index >= 15 is 0 Å². The largest absolute Gasteiger partial charge is 0.481 e. The normalized spacial score (nSPS) is 15.0. The van der Waals surface area contributed by atoms with Crippen molar-refractivity contribution in [3.8, 4) is 5.75 Å². The number of carbonyl (C=O) groups excluding carboxylic acids is 1. The van der Waals surface area contributed by atoms with E-state index in [-0.39, 0.29) is 5.91 Å². The van der Waals surface area contributed by atoms with Crippen molar-refractivity contribution in [2.45, 2.75) is 20.0 Å². The molecule has 8 heteroatoms. The van der Waals surface area contributed by atoms with Gasteiger partial charge < -0.3 is 25.0 Å². The molecule has 1 atom stereocenters. The van der Waals surface area contributed by atoms with Gasteiger partial charge in [-0.2, -0.15) is 4.98 Å². The predicted octanol–water partition coefficient (Wildman–Crippen LogP) is 1.62. The van der Waals surface area contributed by atoms with Gasteiger partial charge in [0.25, 0.3) is 5.91 Å². The maximum atomic E-state index is 12.2. The lowest BCUT2D eigenvalue weighted by molar-refractivity contribution is -0.127. The molecule has 2 heterocycles. The number of rotatable bonds is 8. The van der Waals surface area contributed by atoms with E-state index in [0.717, 1.165) is 24.6 Å². The van der Waals surface area contributed by atoms with Crippen LogP contribution in [0.3, 0.4) is 0 Å². The number of aromatic nitrogens is 2. The summed E-state index contributed by atoms with van der Waals surface area (Å²) in [6.45, 7) is 7.72. The molecule has 28 heavy (non-hydrogen) atoms. The van der Waals surface area contributed by atoms with Crippen molar-refractivity contribution < 1.29 is 14.3 Å². The SMILES string of the molecule is Cc1cc(N2CCOCC2)nc(NCCNC(=O)C(C)Oc2ccccc2)n1. The number of hydrogen-bond donors (Lipinski definition) is 2. The van der Waals surface area contributed by atoms with Crippen LogP contribution in [0.1, 0.15) is 12.6 Å². The summed E-state index contributed by atoms with van der Waals surface area (Å²) in [5.41, 5.74) is 0.896. The summed E-state index contributed by atoms with van der Waals surface area (Å²) in [6.07, 6.45) is -0.564. The van der Waals surface area contributed by atoms with Crippen molar-refractivity contribution in [1.82, 2.24) is 15.3 Å². The Balaban J connectivity index is 1.44. The van der Waals surface area contributed by atoms with E-state index in [1.54, 1.807) is 6.92 Å². The molecule has 1 aliphatic heterocycles. The summed E-state index contributed by atoms with van der Waals surface area (Å²) in [4.78, 5) is 23.3. The number of carbonyl (C=O) groups is 1. The molecule has 2 aromatic rings. The van der Waals surface area contributed by atoms with Crippen LogP contribution in [0.5, 0.6) is 5.75 Å². The Morgan fingerprint density at radius 1 is 1.21 bits per heavy atom. The summed E-state index contributed by atoms with van der Waals surface area (Å²) >= 11 is 0. The Morgan fingerprint density at radius 3 is 2.71 bits per heavy atom. The molecule has 0 radical (unpaired) electrons. The number of nitrogens with zero attached hydrogens (tertiary/aromatic N) is 3. The highest BCUT2D eigenvalue weighted by Gasteiger charge is 2.15. The zero-order valence-electron chi connectivity index (χ0n) is 16.4. The molecule has 1 aromatic carbocycles. The minimum Gasteiger partial charge on any atom is -0.481 e. The van der Waals surface area contributed by atoms with Crippen LogP contribution in [-0.4, -0.2) is 61.4 Å². The highest BCUT2D eigenvalue weighted by atomic mass is 16.5. The Labute approximate surface area is 165 Å². The number of hydrogen-bond acceptors (Lipinski definition) is 7. The van der Waals surface area contributed by atoms with Crippen LogP contribution >= 0.6 is 0 Å². The molecule has 1 aliphatic rings. The van der Waals surface area contributed by atoms with Gasteiger partial charge in [0.2, 0.25) is 5.95 Å². The first kappa shape index (κ1) is 19.9. The standard InChI is InChI=1S/C20H27N5O3/c1-15-14-18(25-10-12-27-13-11-25)24-20(23-15)22-9-8-21-19(26)16(2)28-17-6-4-3-5-7-17/h3-7,14,16H,8-13H2,1-2H3,(H,21,26)(H,22,23,24). The van der Waals surface area contributed by atoms with Gasteiger partial charge in [-0.15, -0.1) is 0 Å². The number of benzene rings is 1. The molecule has 1 saturated heterocycles. The quantitative estimate of drug-likeness (QED) is 0.668. The number of amides is 1. The summed E-state index contributed by atoms with van der Waals surface area (Å²) in [5, 5.41) is 6.03. The van der Waals surface area contributed by atoms with Gasteiger partial charge >= 0.3 is 0 Å². The number of anilines is 2. The van der Waals surface area contributed by atoms with Crippen molar-refractivity contribution in [3.63, 3.8) is 0 Å². The van der Waals surface area contributed by atoms with E-state index in [0.29, 0.717) is 38.0 Å². The zero-order valence-corrected chi connectivity index (χ0v) is 16.4. The van der Waals surface area contributed by atoms with Gasteiger partial charge in [-0.3, -0.25) is 4.79 Å². The Kier molecular flexibility index (Phi) is 7.02. The van der Waals surface area contributed by atoms with Crippen LogP contribution in [0.25, 0.3) is 0 Å². The van der Waals surface area contributed by atoms with Gasteiger partial charge in [-0.05, 0) is 26.0 Å². The molecule has 0 bridgehead atoms. The second-order valence-electron chi connectivity index (χ2n) is 6.58. The Hall–Kier alpha value is -2.87. The molecule has 1 unspecified atom stereocenters. The molecule has 1 amide bonds. The van der Waals surface area contributed by atoms with Crippen molar-refractivity contribution in [2.75, 3.05) is 49.6 Å². The number of para-hydroxylation sites is 1. The van der Waals surface area contributed by atoms with Crippen LogP contribution in [0.15, 0.2) is 36.4 Å². The fourth-order valence-electron chi connectivity index (χ4n) is 2.85. The lowest BCUT2D eigenvalue weighted by Gasteiger charge is -2.28. The second-order valence-corrected chi connectivity index (χ2v) is 6.58. The van der Waals surface area contributed by atoms with Gasteiger partial charge in [0.05, 0.1) is 13.2 Å². The first-order chi connectivity index (χ1) is 13.6. The number of aryl methyl sites for hydroxylation is 1. The van der Waals surface area contributed by atoms with Crippen molar-refractivity contribution in [1.29, 1.82) is 0 Å². The first-order valence-corrected chi connectivity index (χ1v) is 9.53. The monoisotopic (exact) mass is 385 g/mol. The van der Waals surface area contributed by atoms with Gasteiger partial charge in [0.1, 0.15) is 11.6 Å². The average molecular weight is 385 g/mol. The van der Waals surface area contributed by atoms with Gasteiger partial charge in [0, 0.05) is 37.9 Å². The molecule has 1 fully saturated rings. The molecular weight excluding hydrogens is 358 g/mol. The minimum atomic E-state index is -0.564. The number of morpholine rings is 1. The molecule has 0 saturated carbocycles. The maximum Gasteiger partial charge on any atom is 0.260 e. The Morgan fingerprint density at radius 2 is 1.96 bits per heavy atom. The van der Waals surface area contributed by atoms with E-state index < -0.39 is 6.10 Å². The molecule has 150 valence electrons. The Bertz CT molecular complexity index is 766. The third-order valence-electron chi connectivity index (χ3n) is 4.31. The van der Waals surface area contributed by atoms with Gasteiger partial charge in [0.15, 0.2) is 6.10 Å². The van der Waals surface area contributed by atoms with E-state index in [1.807, 2.05) is 43.3 Å². The van der Waals surface area contributed by atoms with Crippen LogP contribution < -0.4 is 20.3 Å². The predicted molar refractivity (Wildman–Crippen MR) is 108 cm³/mol. The first-order valence-electron chi connectivity index (χ1n) is 9.53. The summed E-state index contributed by atoms with van der Waals surface area (Å²) in [7, 11) is 0. The van der Waals surface area contributed by atoms with E-state index in [4.69, 9.17) is 9.47 Å². The maximum absolute atomic E-state index is 12.2. The average Bonchev–Trinajstić information content (AvgIpc) is 2.72. The van der Waals surface area contributed by atoms with Crippen molar-refractivity contribution >= 4 is 17.7 Å². The van der Waals surface area contributed by atoms with Crippen LogP contribution in [0.4, 0.5) is 11.8 Å². The molecule has 8 nitrogen and oxygen atoms in total. The van der Waals surface area contributed by atoms with Crippen LogP contribution in [0, 0.1) is 6.92 Å². The smallest absolute Gasteiger partial charge is 0.260 e. The second kappa shape index (κ2) is 9.89. The zero-order chi connectivity index (χ0) is 19.8. The highest BCUT2D eigenvalue weighted by Crippen LogP contribution is 2.16. The van der Waals surface area contributed by atoms with Gasteiger partial charge in [-0.25, -0.2) is 4.98 Å². The molecular formula is C20H27N5O3. The molecule has 0 aliphatic carbocycles. The van der Waals surface area contributed by atoms with Crippen LogP contribution in [0.2, 0.25) is 0 Å². The lowest BCUT2D eigenvalue weighted by atomic mass is 10.3. The molecule has 0 spiro atoms. The molecule has 3 rings (SSSR count).